The molecule has 11 heteroatoms. The zero-order valence-electron chi connectivity index (χ0n) is 16.1. The number of morpholine rings is 1. The summed E-state index contributed by atoms with van der Waals surface area (Å²) in [5, 5.41) is 9.30. The number of ether oxygens (including phenoxy) is 1. The molecule has 0 unspecified atom stereocenters. The molecule has 158 valence electrons. The molecule has 1 fully saturated rings. The molecule has 4 rings (SSSR count). The van der Waals surface area contributed by atoms with Crippen LogP contribution in [0.3, 0.4) is 0 Å². The Hall–Kier alpha value is -2.60. The second kappa shape index (κ2) is 9.04. The molecule has 30 heavy (non-hydrogen) atoms. The fraction of sp³-hybridized carbons (Fsp3) is 0.316. The number of rotatable bonds is 7. The van der Waals surface area contributed by atoms with Crippen molar-refractivity contribution < 1.29 is 17.9 Å². The average molecular weight is 448 g/mol. The Balaban J connectivity index is 1.35. The summed E-state index contributed by atoms with van der Waals surface area (Å²) in [6, 6.07) is 9.69. The molecule has 3 heterocycles. The van der Waals surface area contributed by atoms with Crippen LogP contribution in [0.2, 0.25) is 0 Å². The molecule has 0 bridgehead atoms. The van der Waals surface area contributed by atoms with Crippen LogP contribution in [0.15, 0.2) is 48.1 Å². The summed E-state index contributed by atoms with van der Waals surface area (Å²) in [5.41, 5.74) is 1.99. The lowest BCUT2D eigenvalue weighted by molar-refractivity contribution is 0.0730. The number of nitrogens with zero attached hydrogens (tertiary/aromatic N) is 4. The number of amides is 1. The highest BCUT2D eigenvalue weighted by Gasteiger charge is 2.24. The second-order valence-corrected chi connectivity index (χ2v) is 9.58. The van der Waals surface area contributed by atoms with E-state index in [0.717, 1.165) is 11.3 Å². The van der Waals surface area contributed by atoms with Gasteiger partial charge in [-0.2, -0.15) is 9.40 Å². The van der Waals surface area contributed by atoms with E-state index in [-0.39, 0.29) is 18.0 Å². The molecule has 9 nitrogen and oxygen atoms in total. The zero-order valence-corrected chi connectivity index (χ0v) is 17.7. The van der Waals surface area contributed by atoms with Crippen molar-refractivity contribution in [3.63, 3.8) is 0 Å². The number of benzene rings is 1. The lowest BCUT2D eigenvalue weighted by atomic mass is 10.3. The summed E-state index contributed by atoms with van der Waals surface area (Å²) in [7, 11) is -3.41. The number of nitrogens with one attached hydrogen (secondary N) is 1. The minimum Gasteiger partial charge on any atom is -0.379 e. The normalized spacial score (nSPS) is 15.2. The largest absolute Gasteiger partial charge is 0.379 e. The van der Waals surface area contributed by atoms with Gasteiger partial charge in [0.05, 0.1) is 30.9 Å². The highest BCUT2D eigenvalue weighted by Crippen LogP contribution is 2.24. The Bertz CT molecular complexity index is 1100. The van der Waals surface area contributed by atoms with E-state index in [2.05, 4.69) is 15.4 Å². The van der Waals surface area contributed by atoms with Crippen molar-refractivity contribution in [2.45, 2.75) is 0 Å². The zero-order chi connectivity index (χ0) is 21.0. The first-order valence-electron chi connectivity index (χ1n) is 9.43. The molecule has 3 aromatic rings. The van der Waals surface area contributed by atoms with Crippen molar-refractivity contribution >= 4 is 27.3 Å². The molecule has 0 saturated carbocycles. The van der Waals surface area contributed by atoms with Gasteiger partial charge in [0.15, 0.2) is 0 Å². The summed E-state index contributed by atoms with van der Waals surface area (Å²) < 4.78 is 32.9. The first kappa shape index (κ1) is 20.7. The highest BCUT2D eigenvalue weighted by molar-refractivity contribution is 7.89. The topological polar surface area (TPSA) is 106 Å². The van der Waals surface area contributed by atoms with E-state index in [9.17, 15) is 13.2 Å². The van der Waals surface area contributed by atoms with E-state index in [1.165, 1.54) is 15.6 Å². The first-order valence-corrected chi connectivity index (χ1v) is 11.9. The van der Waals surface area contributed by atoms with Gasteiger partial charge in [0, 0.05) is 36.8 Å². The van der Waals surface area contributed by atoms with Gasteiger partial charge in [0.2, 0.25) is 10.0 Å². The molecule has 0 atom stereocenters. The van der Waals surface area contributed by atoms with Crippen LogP contribution < -0.4 is 5.32 Å². The van der Waals surface area contributed by atoms with Gasteiger partial charge in [-0.05, 0) is 12.1 Å². The van der Waals surface area contributed by atoms with Crippen molar-refractivity contribution in [2.24, 2.45) is 0 Å². The van der Waals surface area contributed by atoms with E-state index in [4.69, 9.17) is 4.74 Å². The molecule has 1 amide bonds. The van der Waals surface area contributed by atoms with Crippen LogP contribution in [-0.2, 0) is 14.8 Å². The van der Waals surface area contributed by atoms with Crippen LogP contribution in [0.1, 0.15) is 10.5 Å². The Kier molecular flexibility index (Phi) is 6.23. The van der Waals surface area contributed by atoms with Gasteiger partial charge < -0.3 is 10.1 Å². The fourth-order valence-electron chi connectivity index (χ4n) is 3.00. The molecule has 1 aromatic carbocycles. The minimum absolute atomic E-state index is 0.0251. The molecule has 0 radical (unpaired) electrons. The monoisotopic (exact) mass is 447 g/mol. The molecule has 2 aromatic heterocycles. The number of thiazole rings is 1. The third kappa shape index (κ3) is 4.75. The SMILES string of the molecule is O=C(NCCS(=O)(=O)N1CCOCC1)c1csc(-c2cnn(-c3ccccc3)c2)n1. The van der Waals surface area contributed by atoms with E-state index in [1.54, 1.807) is 16.3 Å². The molecule has 1 aliphatic heterocycles. The maximum atomic E-state index is 12.4. The Morgan fingerprint density at radius 3 is 2.73 bits per heavy atom. The molecule has 0 aliphatic carbocycles. The maximum Gasteiger partial charge on any atom is 0.270 e. The standard InChI is InChI=1S/C19H21N5O4S2/c25-18(20-6-11-30(26,27)23-7-9-28-10-8-23)17-14-29-19(22-17)15-12-21-24(13-15)16-4-2-1-3-5-16/h1-5,12-14H,6-11H2,(H,20,25). The van der Waals surface area contributed by atoms with Gasteiger partial charge in [-0.15, -0.1) is 11.3 Å². The van der Waals surface area contributed by atoms with Gasteiger partial charge in [0.1, 0.15) is 10.7 Å². The van der Waals surface area contributed by atoms with Gasteiger partial charge in [0.25, 0.3) is 5.91 Å². The summed E-state index contributed by atoms with van der Waals surface area (Å²) in [6.07, 6.45) is 3.55. The number of para-hydroxylation sites is 1. The average Bonchev–Trinajstić information content (AvgIpc) is 3.45. The molecule has 1 N–H and O–H groups in total. The Morgan fingerprint density at radius 2 is 1.97 bits per heavy atom. The van der Waals surface area contributed by atoms with Crippen LogP contribution in [0.25, 0.3) is 16.3 Å². The summed E-state index contributed by atoms with van der Waals surface area (Å²) in [6.45, 7) is 1.52. The number of carbonyl (C=O) groups excluding carboxylic acids is 1. The number of aromatic nitrogens is 3. The first-order chi connectivity index (χ1) is 14.5. The number of sulfonamides is 1. The van der Waals surface area contributed by atoms with Crippen LogP contribution in [-0.4, -0.2) is 72.0 Å². The summed E-state index contributed by atoms with van der Waals surface area (Å²) >= 11 is 1.34. The van der Waals surface area contributed by atoms with Crippen molar-refractivity contribution in [3.05, 3.63) is 53.8 Å². The Morgan fingerprint density at radius 1 is 1.20 bits per heavy atom. The number of hydrogen-bond acceptors (Lipinski definition) is 7. The minimum atomic E-state index is -3.41. The third-order valence-corrected chi connectivity index (χ3v) is 7.36. The predicted octanol–water partition coefficient (Wildman–Crippen LogP) is 1.39. The highest BCUT2D eigenvalue weighted by atomic mass is 32.2. The van der Waals surface area contributed by atoms with Crippen molar-refractivity contribution in [3.8, 4) is 16.3 Å². The van der Waals surface area contributed by atoms with Gasteiger partial charge in [-0.1, -0.05) is 18.2 Å². The van der Waals surface area contributed by atoms with E-state index in [0.29, 0.717) is 31.3 Å². The number of hydrogen-bond donors (Lipinski definition) is 1. The molecule has 0 spiro atoms. The third-order valence-electron chi connectivity index (χ3n) is 4.60. The fourth-order valence-corrected chi connectivity index (χ4v) is 5.10. The smallest absolute Gasteiger partial charge is 0.270 e. The van der Waals surface area contributed by atoms with Gasteiger partial charge >= 0.3 is 0 Å². The van der Waals surface area contributed by atoms with Crippen LogP contribution >= 0.6 is 11.3 Å². The van der Waals surface area contributed by atoms with Crippen molar-refractivity contribution in [1.29, 1.82) is 0 Å². The van der Waals surface area contributed by atoms with Gasteiger partial charge in [-0.25, -0.2) is 18.1 Å². The molecular formula is C19H21N5O4S2. The predicted molar refractivity (Wildman–Crippen MR) is 113 cm³/mol. The second-order valence-electron chi connectivity index (χ2n) is 6.63. The summed E-state index contributed by atoms with van der Waals surface area (Å²) in [5.74, 6) is -0.551. The van der Waals surface area contributed by atoms with Crippen molar-refractivity contribution in [2.75, 3.05) is 38.6 Å². The quantitative estimate of drug-likeness (QED) is 0.587. The van der Waals surface area contributed by atoms with Crippen LogP contribution in [0.4, 0.5) is 0 Å². The van der Waals surface area contributed by atoms with E-state index in [1.807, 2.05) is 36.5 Å². The van der Waals surface area contributed by atoms with E-state index >= 15 is 0 Å². The summed E-state index contributed by atoms with van der Waals surface area (Å²) in [4.78, 5) is 16.7. The molecule has 1 aliphatic rings. The van der Waals surface area contributed by atoms with Crippen LogP contribution in [0.5, 0.6) is 0 Å². The maximum absolute atomic E-state index is 12.4. The number of carbonyl (C=O) groups is 1. The van der Waals surface area contributed by atoms with E-state index < -0.39 is 15.9 Å². The lowest BCUT2D eigenvalue weighted by Crippen LogP contribution is -2.43. The molecular weight excluding hydrogens is 426 g/mol. The van der Waals surface area contributed by atoms with Crippen LogP contribution in [0, 0.1) is 0 Å². The lowest BCUT2D eigenvalue weighted by Gasteiger charge is -2.25. The molecule has 1 saturated heterocycles. The van der Waals surface area contributed by atoms with Crippen molar-refractivity contribution in [1.82, 2.24) is 24.4 Å². The van der Waals surface area contributed by atoms with Gasteiger partial charge in [-0.3, -0.25) is 4.79 Å². The Labute approximate surface area is 178 Å².